The highest BCUT2D eigenvalue weighted by molar-refractivity contribution is 5.94. The summed E-state index contributed by atoms with van der Waals surface area (Å²) in [5, 5.41) is 6.24. The van der Waals surface area contributed by atoms with Gasteiger partial charge in [0, 0.05) is 24.8 Å². The van der Waals surface area contributed by atoms with Crippen LogP contribution in [-0.2, 0) is 6.54 Å². The summed E-state index contributed by atoms with van der Waals surface area (Å²) < 4.78 is 5.30. The lowest BCUT2D eigenvalue weighted by atomic mass is 9.97. The van der Waals surface area contributed by atoms with Gasteiger partial charge in [-0.3, -0.25) is 4.79 Å². The van der Waals surface area contributed by atoms with Crippen LogP contribution in [0.4, 0.5) is 5.82 Å². The number of para-hydroxylation sites is 1. The summed E-state index contributed by atoms with van der Waals surface area (Å²) in [6.07, 6.45) is 10.1. The fourth-order valence-corrected chi connectivity index (χ4v) is 3.24. The van der Waals surface area contributed by atoms with Gasteiger partial charge in [0.05, 0.1) is 12.7 Å². The molecule has 1 heterocycles. The zero-order chi connectivity index (χ0) is 18.9. The second-order valence-corrected chi connectivity index (χ2v) is 6.71. The van der Waals surface area contributed by atoms with Gasteiger partial charge < -0.3 is 15.4 Å². The van der Waals surface area contributed by atoms with E-state index < -0.39 is 0 Å². The molecule has 0 saturated heterocycles. The third kappa shape index (κ3) is 5.58. The second kappa shape index (κ2) is 9.76. The first-order valence-electron chi connectivity index (χ1n) is 9.54. The molecule has 1 amide bonds. The Hall–Kier alpha value is -2.82. The van der Waals surface area contributed by atoms with Gasteiger partial charge in [-0.1, -0.05) is 29.8 Å². The van der Waals surface area contributed by atoms with Crippen LogP contribution < -0.4 is 15.4 Å². The highest BCUT2D eigenvalue weighted by atomic mass is 16.5. The van der Waals surface area contributed by atoms with Crippen LogP contribution in [0.3, 0.4) is 0 Å². The summed E-state index contributed by atoms with van der Waals surface area (Å²) in [4.78, 5) is 16.7. The number of methoxy groups -OCH3 is 1. The number of carbonyl (C=O) groups is 1. The van der Waals surface area contributed by atoms with Gasteiger partial charge >= 0.3 is 0 Å². The Kier molecular flexibility index (Phi) is 6.85. The van der Waals surface area contributed by atoms with E-state index in [4.69, 9.17) is 4.74 Å². The maximum atomic E-state index is 12.3. The van der Waals surface area contributed by atoms with Gasteiger partial charge in [0.2, 0.25) is 0 Å². The Morgan fingerprint density at radius 2 is 2.07 bits per heavy atom. The van der Waals surface area contributed by atoms with Gasteiger partial charge in [0.1, 0.15) is 11.6 Å². The van der Waals surface area contributed by atoms with E-state index in [2.05, 4.69) is 21.7 Å². The highest BCUT2D eigenvalue weighted by Gasteiger charge is 2.08. The first kappa shape index (κ1) is 19.0. The number of aromatic nitrogens is 1. The van der Waals surface area contributed by atoms with Crippen molar-refractivity contribution in [2.24, 2.45) is 0 Å². The number of rotatable bonds is 8. The fourth-order valence-electron chi connectivity index (χ4n) is 3.24. The number of benzene rings is 1. The van der Waals surface area contributed by atoms with Gasteiger partial charge in [-0.25, -0.2) is 4.98 Å². The third-order valence-electron chi connectivity index (χ3n) is 4.79. The molecule has 5 nitrogen and oxygen atoms in total. The van der Waals surface area contributed by atoms with Crippen LogP contribution in [0.25, 0.3) is 0 Å². The van der Waals surface area contributed by atoms with Crippen molar-refractivity contribution in [1.82, 2.24) is 10.3 Å². The SMILES string of the molecule is COc1ccccc1CNC(=O)c1ccc(NCCC2=CCCCC2)nc1. The number of hydrogen-bond donors (Lipinski definition) is 2. The standard InChI is InChI=1S/C22H27N3O2/c1-27-20-10-6-5-9-18(20)15-25-22(26)19-11-12-21(24-16-19)23-14-13-17-7-3-2-4-8-17/h5-7,9-12,16H,2-4,8,13-15H2,1H3,(H,23,24)(H,25,26). The molecule has 1 aromatic heterocycles. The van der Waals surface area contributed by atoms with Crippen LogP contribution in [0.2, 0.25) is 0 Å². The number of ether oxygens (including phenoxy) is 1. The Bertz CT molecular complexity index is 784. The first-order chi connectivity index (χ1) is 13.3. The van der Waals surface area contributed by atoms with Crippen molar-refractivity contribution in [2.75, 3.05) is 19.0 Å². The van der Waals surface area contributed by atoms with E-state index in [9.17, 15) is 4.79 Å². The van der Waals surface area contributed by atoms with Gasteiger partial charge in [-0.15, -0.1) is 0 Å². The molecule has 2 N–H and O–H groups in total. The normalized spacial score (nSPS) is 13.6. The Morgan fingerprint density at radius 1 is 1.19 bits per heavy atom. The zero-order valence-electron chi connectivity index (χ0n) is 15.8. The lowest BCUT2D eigenvalue weighted by molar-refractivity contribution is 0.0950. The van der Waals surface area contributed by atoms with E-state index in [1.807, 2.05) is 30.3 Å². The molecule has 27 heavy (non-hydrogen) atoms. The summed E-state index contributed by atoms with van der Waals surface area (Å²) in [6, 6.07) is 11.3. The van der Waals surface area contributed by atoms with Crippen molar-refractivity contribution in [3.8, 4) is 5.75 Å². The fraction of sp³-hybridized carbons (Fsp3) is 0.364. The largest absolute Gasteiger partial charge is 0.496 e. The van der Waals surface area contributed by atoms with Gasteiger partial charge in [0.15, 0.2) is 0 Å². The van der Waals surface area contributed by atoms with Crippen LogP contribution in [0.5, 0.6) is 5.75 Å². The maximum absolute atomic E-state index is 12.3. The number of allylic oxidation sites excluding steroid dienone is 1. The molecule has 1 aromatic carbocycles. The molecule has 5 heteroatoms. The van der Waals surface area contributed by atoms with E-state index in [-0.39, 0.29) is 5.91 Å². The number of pyridine rings is 1. The summed E-state index contributed by atoms with van der Waals surface area (Å²) in [6.45, 7) is 1.29. The number of carbonyl (C=O) groups excluding carboxylic acids is 1. The molecule has 0 bridgehead atoms. The minimum atomic E-state index is -0.146. The van der Waals surface area contributed by atoms with Crippen molar-refractivity contribution < 1.29 is 9.53 Å². The molecule has 0 fully saturated rings. The number of anilines is 1. The molecule has 0 spiro atoms. The van der Waals surface area contributed by atoms with Crippen molar-refractivity contribution in [2.45, 2.75) is 38.6 Å². The van der Waals surface area contributed by atoms with E-state index in [1.54, 1.807) is 24.9 Å². The summed E-state index contributed by atoms with van der Waals surface area (Å²) in [5.41, 5.74) is 3.03. The molecular weight excluding hydrogens is 338 g/mol. The first-order valence-corrected chi connectivity index (χ1v) is 9.54. The lowest BCUT2D eigenvalue weighted by Gasteiger charge is -2.13. The number of nitrogens with one attached hydrogen (secondary N) is 2. The molecule has 142 valence electrons. The number of nitrogens with zero attached hydrogens (tertiary/aromatic N) is 1. The van der Waals surface area contributed by atoms with Crippen molar-refractivity contribution in [3.63, 3.8) is 0 Å². The second-order valence-electron chi connectivity index (χ2n) is 6.71. The Morgan fingerprint density at radius 3 is 2.81 bits per heavy atom. The molecule has 0 aliphatic heterocycles. The van der Waals surface area contributed by atoms with E-state index in [0.717, 1.165) is 30.1 Å². The highest BCUT2D eigenvalue weighted by Crippen LogP contribution is 2.20. The van der Waals surface area contributed by atoms with E-state index in [0.29, 0.717) is 12.1 Å². The van der Waals surface area contributed by atoms with Gasteiger partial charge in [-0.2, -0.15) is 0 Å². The summed E-state index contributed by atoms with van der Waals surface area (Å²) in [5.74, 6) is 1.42. The molecule has 0 unspecified atom stereocenters. The molecule has 2 aromatic rings. The van der Waals surface area contributed by atoms with Crippen molar-refractivity contribution in [1.29, 1.82) is 0 Å². The lowest BCUT2D eigenvalue weighted by Crippen LogP contribution is -2.23. The maximum Gasteiger partial charge on any atom is 0.253 e. The number of amides is 1. The van der Waals surface area contributed by atoms with Crippen LogP contribution in [0.1, 0.15) is 48.0 Å². The quantitative estimate of drug-likeness (QED) is 0.684. The smallest absolute Gasteiger partial charge is 0.253 e. The summed E-state index contributed by atoms with van der Waals surface area (Å²) in [7, 11) is 1.63. The third-order valence-corrected chi connectivity index (χ3v) is 4.79. The van der Waals surface area contributed by atoms with Crippen LogP contribution >= 0.6 is 0 Å². The van der Waals surface area contributed by atoms with Crippen molar-refractivity contribution >= 4 is 11.7 Å². The summed E-state index contributed by atoms with van der Waals surface area (Å²) >= 11 is 0. The predicted octanol–water partition coefficient (Wildman–Crippen LogP) is 4.32. The molecule has 1 aliphatic rings. The molecule has 0 saturated carbocycles. The molecule has 0 radical (unpaired) electrons. The van der Waals surface area contributed by atoms with Crippen LogP contribution in [0.15, 0.2) is 54.2 Å². The van der Waals surface area contributed by atoms with Crippen LogP contribution in [0, 0.1) is 0 Å². The Balaban J connectivity index is 1.47. The average Bonchev–Trinajstić information content (AvgIpc) is 2.73. The molecule has 3 rings (SSSR count). The molecule has 1 aliphatic carbocycles. The zero-order valence-corrected chi connectivity index (χ0v) is 15.8. The minimum Gasteiger partial charge on any atom is -0.496 e. The minimum absolute atomic E-state index is 0.146. The predicted molar refractivity (Wildman–Crippen MR) is 108 cm³/mol. The van der Waals surface area contributed by atoms with Crippen LogP contribution in [-0.4, -0.2) is 24.5 Å². The Labute approximate surface area is 160 Å². The van der Waals surface area contributed by atoms with Crippen molar-refractivity contribution in [3.05, 3.63) is 65.4 Å². The van der Waals surface area contributed by atoms with Gasteiger partial charge in [0.25, 0.3) is 5.91 Å². The van der Waals surface area contributed by atoms with Gasteiger partial charge in [-0.05, 0) is 50.3 Å². The molecule has 0 atom stereocenters. The van der Waals surface area contributed by atoms with E-state index >= 15 is 0 Å². The average molecular weight is 365 g/mol. The number of hydrogen-bond acceptors (Lipinski definition) is 4. The van der Waals surface area contributed by atoms with E-state index in [1.165, 1.54) is 25.7 Å². The monoisotopic (exact) mass is 365 g/mol. The molecular formula is C22H27N3O2. The topological polar surface area (TPSA) is 63.2 Å².